The summed E-state index contributed by atoms with van der Waals surface area (Å²) in [6.45, 7) is 1.02. The van der Waals surface area contributed by atoms with Crippen molar-refractivity contribution in [2.75, 3.05) is 28.6 Å². The predicted molar refractivity (Wildman–Crippen MR) is 82.7 cm³/mol. The summed E-state index contributed by atoms with van der Waals surface area (Å²) in [7, 11) is 0. The summed E-state index contributed by atoms with van der Waals surface area (Å²) in [6.07, 6.45) is -2.94. The minimum atomic E-state index is -2.94. The smallest absolute Gasteiger partial charge is 0.326 e. The molecule has 7 heteroatoms. The lowest BCUT2D eigenvalue weighted by atomic mass is 10.2. The number of alkyl halides is 2. The Labute approximate surface area is 130 Å². The van der Waals surface area contributed by atoms with Gasteiger partial charge < -0.3 is 10.6 Å². The van der Waals surface area contributed by atoms with Crippen molar-refractivity contribution in [3.05, 3.63) is 53.8 Å². The van der Waals surface area contributed by atoms with Crippen molar-refractivity contribution in [3.8, 4) is 0 Å². The van der Waals surface area contributed by atoms with E-state index in [1.807, 2.05) is 12.1 Å². The van der Waals surface area contributed by atoms with Crippen molar-refractivity contribution >= 4 is 23.1 Å². The Kier molecular flexibility index (Phi) is 4.10. The van der Waals surface area contributed by atoms with Gasteiger partial charge in [0, 0.05) is 18.8 Å². The molecule has 0 unspecified atom stereocenters. The number of urea groups is 1. The van der Waals surface area contributed by atoms with Crippen LogP contribution in [0.1, 0.15) is 12.0 Å². The molecule has 120 valence electrons. The Bertz CT molecular complexity index is 736. The van der Waals surface area contributed by atoms with Gasteiger partial charge in [-0.2, -0.15) is 0 Å². The third-order valence-corrected chi connectivity index (χ3v) is 3.57. The van der Waals surface area contributed by atoms with Crippen molar-refractivity contribution in [1.82, 2.24) is 0 Å². The first-order valence-electron chi connectivity index (χ1n) is 7.05. The van der Waals surface area contributed by atoms with E-state index in [4.69, 9.17) is 0 Å². The fourth-order valence-electron chi connectivity index (χ4n) is 2.47. The number of para-hydroxylation sites is 2. The summed E-state index contributed by atoms with van der Waals surface area (Å²) in [4.78, 5) is 13.9. The lowest BCUT2D eigenvalue weighted by molar-refractivity contribution is 0.146. The molecular weight excluding hydrogens is 307 g/mol. The normalized spacial score (nSPS) is 13.5. The van der Waals surface area contributed by atoms with Gasteiger partial charge in [-0.25, -0.2) is 18.0 Å². The topological polar surface area (TPSA) is 44.4 Å². The highest BCUT2D eigenvalue weighted by Gasteiger charge is 2.22. The van der Waals surface area contributed by atoms with Gasteiger partial charge in [-0.3, -0.25) is 4.90 Å². The second-order valence-electron chi connectivity index (χ2n) is 5.06. The van der Waals surface area contributed by atoms with Crippen molar-refractivity contribution in [2.24, 2.45) is 0 Å². The second-order valence-corrected chi connectivity index (χ2v) is 5.06. The van der Waals surface area contributed by atoms with E-state index in [0.717, 1.165) is 17.8 Å². The van der Waals surface area contributed by atoms with E-state index >= 15 is 0 Å². The van der Waals surface area contributed by atoms with Gasteiger partial charge in [0.15, 0.2) is 0 Å². The average Bonchev–Trinajstić information content (AvgIpc) is 2.55. The fourth-order valence-corrected chi connectivity index (χ4v) is 2.47. The lowest BCUT2D eigenvalue weighted by Gasteiger charge is -2.30. The van der Waals surface area contributed by atoms with Gasteiger partial charge in [-0.15, -0.1) is 0 Å². The fraction of sp³-hybridized carbons (Fsp3) is 0.188. The molecule has 2 amide bonds. The third-order valence-electron chi connectivity index (χ3n) is 3.57. The van der Waals surface area contributed by atoms with Crippen LogP contribution in [0.3, 0.4) is 0 Å². The molecular formula is C16H14F3N3O. The zero-order chi connectivity index (χ0) is 16.4. The summed E-state index contributed by atoms with van der Waals surface area (Å²) in [5.41, 5.74) is 0.917. The number of anilines is 3. The maximum atomic E-state index is 13.3. The third kappa shape index (κ3) is 3.08. The molecule has 0 spiro atoms. The summed E-state index contributed by atoms with van der Waals surface area (Å²) >= 11 is 0. The predicted octanol–water partition coefficient (Wildman–Crippen LogP) is 4.23. The van der Waals surface area contributed by atoms with E-state index in [1.54, 1.807) is 12.1 Å². The lowest BCUT2D eigenvalue weighted by Crippen LogP contribution is -2.41. The van der Waals surface area contributed by atoms with E-state index in [2.05, 4.69) is 10.6 Å². The molecule has 0 saturated heterocycles. The number of fused-ring (bicyclic) bond motifs is 1. The number of carbonyl (C=O) groups is 1. The van der Waals surface area contributed by atoms with E-state index < -0.39 is 23.8 Å². The van der Waals surface area contributed by atoms with Crippen LogP contribution in [0, 0.1) is 5.82 Å². The van der Waals surface area contributed by atoms with Crippen LogP contribution in [0.25, 0.3) is 0 Å². The summed E-state index contributed by atoms with van der Waals surface area (Å²) in [5, 5.41) is 5.71. The monoisotopic (exact) mass is 321 g/mol. The molecule has 0 atom stereocenters. The number of hydrogen-bond acceptors (Lipinski definition) is 2. The number of rotatable bonds is 2. The van der Waals surface area contributed by atoms with Crippen LogP contribution in [0.15, 0.2) is 42.5 Å². The van der Waals surface area contributed by atoms with E-state index in [1.165, 1.54) is 11.0 Å². The van der Waals surface area contributed by atoms with Gasteiger partial charge >= 0.3 is 6.03 Å². The summed E-state index contributed by atoms with van der Waals surface area (Å²) in [6, 6.07) is 9.96. The van der Waals surface area contributed by atoms with Crippen molar-refractivity contribution in [3.63, 3.8) is 0 Å². The molecule has 0 radical (unpaired) electrons. The Morgan fingerprint density at radius 2 is 2.00 bits per heavy atom. The van der Waals surface area contributed by atoms with Crippen LogP contribution in [0.2, 0.25) is 0 Å². The van der Waals surface area contributed by atoms with Crippen LogP contribution >= 0.6 is 0 Å². The number of amides is 2. The summed E-state index contributed by atoms with van der Waals surface area (Å²) in [5.74, 6) is -0.995. The Morgan fingerprint density at radius 3 is 2.78 bits per heavy atom. The molecule has 1 heterocycles. The number of nitrogens with one attached hydrogen (secondary N) is 2. The maximum absolute atomic E-state index is 13.3. The van der Waals surface area contributed by atoms with Crippen LogP contribution in [-0.4, -0.2) is 19.1 Å². The van der Waals surface area contributed by atoms with Gasteiger partial charge in [0.25, 0.3) is 6.43 Å². The molecule has 2 aromatic rings. The molecule has 1 aliphatic rings. The van der Waals surface area contributed by atoms with Gasteiger partial charge in [-0.05, 0) is 30.3 Å². The summed E-state index contributed by atoms with van der Waals surface area (Å²) < 4.78 is 38.7. The highest BCUT2D eigenvalue weighted by molar-refractivity contribution is 6.04. The largest absolute Gasteiger partial charge is 0.382 e. The number of halogens is 3. The molecule has 2 aromatic carbocycles. The number of hydrogen-bond donors (Lipinski definition) is 2. The standard InChI is InChI=1S/C16H14F3N3O/c17-12-6-5-10(9-11(12)15(18)19)21-16(23)22-8-7-20-13-3-1-2-4-14(13)22/h1-6,9,15,20H,7-8H2,(H,21,23). The van der Waals surface area contributed by atoms with E-state index in [9.17, 15) is 18.0 Å². The van der Waals surface area contributed by atoms with Gasteiger partial charge in [-0.1, -0.05) is 12.1 Å². The average molecular weight is 321 g/mol. The minimum Gasteiger partial charge on any atom is -0.382 e. The van der Waals surface area contributed by atoms with Crippen LogP contribution in [0.5, 0.6) is 0 Å². The van der Waals surface area contributed by atoms with Gasteiger partial charge in [0.2, 0.25) is 0 Å². The molecule has 0 aromatic heterocycles. The Hall–Kier alpha value is -2.70. The first-order chi connectivity index (χ1) is 11.1. The first kappa shape index (κ1) is 15.2. The molecule has 3 rings (SSSR count). The SMILES string of the molecule is O=C(Nc1ccc(F)c(C(F)F)c1)N1CCNc2ccccc21. The molecule has 0 aliphatic carbocycles. The first-order valence-corrected chi connectivity index (χ1v) is 7.05. The van der Waals surface area contributed by atoms with Gasteiger partial charge in [0.1, 0.15) is 5.82 Å². The molecule has 0 saturated carbocycles. The van der Waals surface area contributed by atoms with Crippen molar-refractivity contribution in [2.45, 2.75) is 6.43 Å². The second kappa shape index (κ2) is 6.20. The number of nitrogens with zero attached hydrogens (tertiary/aromatic N) is 1. The molecule has 4 nitrogen and oxygen atoms in total. The number of carbonyl (C=O) groups excluding carboxylic acids is 1. The van der Waals surface area contributed by atoms with Crippen LogP contribution in [0.4, 0.5) is 35.0 Å². The van der Waals surface area contributed by atoms with Crippen molar-refractivity contribution < 1.29 is 18.0 Å². The quantitative estimate of drug-likeness (QED) is 0.869. The van der Waals surface area contributed by atoms with Crippen LogP contribution in [-0.2, 0) is 0 Å². The highest BCUT2D eigenvalue weighted by Crippen LogP contribution is 2.29. The molecule has 0 fully saturated rings. The Morgan fingerprint density at radius 1 is 1.22 bits per heavy atom. The zero-order valence-corrected chi connectivity index (χ0v) is 12.0. The van der Waals surface area contributed by atoms with E-state index in [-0.39, 0.29) is 5.69 Å². The molecule has 23 heavy (non-hydrogen) atoms. The minimum absolute atomic E-state index is 0.128. The Balaban J connectivity index is 1.82. The molecule has 1 aliphatic heterocycles. The van der Waals surface area contributed by atoms with Gasteiger partial charge in [0.05, 0.1) is 16.9 Å². The zero-order valence-electron chi connectivity index (χ0n) is 12.0. The van der Waals surface area contributed by atoms with Crippen LogP contribution < -0.4 is 15.5 Å². The highest BCUT2D eigenvalue weighted by atomic mass is 19.3. The van der Waals surface area contributed by atoms with Crippen molar-refractivity contribution in [1.29, 1.82) is 0 Å². The van der Waals surface area contributed by atoms with E-state index in [0.29, 0.717) is 18.8 Å². The maximum Gasteiger partial charge on any atom is 0.326 e. The number of benzene rings is 2. The molecule has 0 bridgehead atoms. The molecule has 2 N–H and O–H groups in total.